The first-order chi connectivity index (χ1) is 12.3. The summed E-state index contributed by atoms with van der Waals surface area (Å²) in [5.74, 6) is 2.52. The lowest BCUT2D eigenvalue weighted by Crippen LogP contribution is -2.55. The molecular weight excluding hydrogens is 314 g/mol. The van der Waals surface area contributed by atoms with Gasteiger partial charge in [-0.2, -0.15) is 0 Å². The molecule has 25 heavy (non-hydrogen) atoms. The topological polar surface area (TPSA) is 38.8 Å². The summed E-state index contributed by atoms with van der Waals surface area (Å²) in [6, 6.07) is 16.6. The SMILES string of the molecule is C#CCOC1CN(C(=O)OCC2c3ccccc3-c3ccccc32)C1. The highest BCUT2D eigenvalue weighted by molar-refractivity contribution is 5.79. The molecular formula is C21H19NO3. The van der Waals surface area contributed by atoms with E-state index < -0.39 is 0 Å². The van der Waals surface area contributed by atoms with Crippen molar-refractivity contribution in [3.8, 4) is 23.5 Å². The molecule has 0 spiro atoms. The molecule has 4 rings (SSSR count). The smallest absolute Gasteiger partial charge is 0.409 e. The van der Waals surface area contributed by atoms with Crippen molar-refractivity contribution >= 4 is 6.09 Å². The summed E-state index contributed by atoms with van der Waals surface area (Å²) in [5.41, 5.74) is 4.89. The number of benzene rings is 2. The third-order valence-electron chi connectivity index (χ3n) is 4.84. The van der Waals surface area contributed by atoms with Crippen molar-refractivity contribution in [2.75, 3.05) is 26.3 Å². The zero-order chi connectivity index (χ0) is 17.2. The molecule has 0 atom stereocenters. The van der Waals surface area contributed by atoms with Gasteiger partial charge in [0, 0.05) is 5.92 Å². The minimum absolute atomic E-state index is 0.0246. The lowest BCUT2D eigenvalue weighted by molar-refractivity contribution is -0.0385. The molecule has 1 aliphatic heterocycles. The fourth-order valence-electron chi connectivity index (χ4n) is 3.54. The summed E-state index contributed by atoms with van der Waals surface area (Å²) in [7, 11) is 0. The fraction of sp³-hybridized carbons (Fsp3) is 0.286. The van der Waals surface area contributed by atoms with Gasteiger partial charge in [-0.1, -0.05) is 54.5 Å². The van der Waals surface area contributed by atoms with Crippen molar-refractivity contribution in [3.05, 3.63) is 59.7 Å². The van der Waals surface area contributed by atoms with Crippen LogP contribution < -0.4 is 0 Å². The Labute approximate surface area is 147 Å². The molecule has 2 aromatic rings. The summed E-state index contributed by atoms with van der Waals surface area (Å²) < 4.78 is 11.0. The van der Waals surface area contributed by atoms with Crippen LogP contribution in [0.2, 0.25) is 0 Å². The molecule has 4 heteroatoms. The van der Waals surface area contributed by atoms with Crippen LogP contribution in [-0.2, 0) is 9.47 Å². The van der Waals surface area contributed by atoms with Gasteiger partial charge in [-0.3, -0.25) is 0 Å². The Morgan fingerprint density at radius 1 is 1.08 bits per heavy atom. The zero-order valence-electron chi connectivity index (χ0n) is 13.9. The van der Waals surface area contributed by atoms with Gasteiger partial charge in [0.25, 0.3) is 0 Å². The Bertz CT molecular complexity index is 788. The lowest BCUT2D eigenvalue weighted by atomic mass is 9.98. The third-order valence-corrected chi connectivity index (χ3v) is 4.84. The van der Waals surface area contributed by atoms with Crippen molar-refractivity contribution in [3.63, 3.8) is 0 Å². The highest BCUT2D eigenvalue weighted by Crippen LogP contribution is 2.44. The third kappa shape index (κ3) is 2.88. The minimum Gasteiger partial charge on any atom is -0.448 e. The number of carbonyl (C=O) groups is 1. The Kier molecular flexibility index (Phi) is 4.17. The van der Waals surface area contributed by atoms with E-state index in [1.165, 1.54) is 22.3 Å². The maximum Gasteiger partial charge on any atom is 0.409 e. The van der Waals surface area contributed by atoms with Gasteiger partial charge in [0.2, 0.25) is 0 Å². The molecule has 1 heterocycles. The van der Waals surface area contributed by atoms with E-state index in [0.717, 1.165) is 0 Å². The average molecular weight is 333 g/mol. The van der Waals surface area contributed by atoms with E-state index in [1.807, 2.05) is 24.3 Å². The van der Waals surface area contributed by atoms with E-state index in [1.54, 1.807) is 4.90 Å². The van der Waals surface area contributed by atoms with Gasteiger partial charge >= 0.3 is 6.09 Å². The first kappa shape index (κ1) is 15.7. The standard InChI is InChI=1S/C21H19NO3/c1-2-11-24-15-12-22(13-15)21(23)25-14-20-18-9-5-3-7-16(18)17-8-4-6-10-19(17)20/h1,3-10,15,20H,11-14H2. The summed E-state index contributed by atoms with van der Waals surface area (Å²) >= 11 is 0. The number of hydrogen-bond donors (Lipinski definition) is 0. The van der Waals surface area contributed by atoms with E-state index in [2.05, 4.69) is 30.2 Å². The van der Waals surface area contributed by atoms with Gasteiger partial charge in [0.05, 0.1) is 19.2 Å². The first-order valence-corrected chi connectivity index (χ1v) is 8.43. The van der Waals surface area contributed by atoms with Gasteiger partial charge < -0.3 is 14.4 Å². The van der Waals surface area contributed by atoms with Gasteiger partial charge in [-0.15, -0.1) is 6.42 Å². The maximum atomic E-state index is 12.2. The van der Waals surface area contributed by atoms with E-state index in [9.17, 15) is 4.79 Å². The number of hydrogen-bond acceptors (Lipinski definition) is 3. The van der Waals surface area contributed by atoms with Crippen molar-refractivity contribution < 1.29 is 14.3 Å². The molecule has 0 saturated carbocycles. The molecule has 0 aromatic heterocycles. The molecule has 0 unspecified atom stereocenters. The lowest BCUT2D eigenvalue weighted by Gasteiger charge is -2.37. The number of ether oxygens (including phenoxy) is 2. The Morgan fingerprint density at radius 3 is 2.28 bits per heavy atom. The molecule has 1 aliphatic carbocycles. The average Bonchev–Trinajstić information content (AvgIpc) is 2.93. The number of fused-ring (bicyclic) bond motifs is 3. The molecule has 2 aliphatic rings. The number of rotatable bonds is 4. The first-order valence-electron chi connectivity index (χ1n) is 8.43. The molecule has 0 radical (unpaired) electrons. The molecule has 126 valence electrons. The number of amides is 1. The van der Waals surface area contributed by atoms with Crippen LogP contribution >= 0.6 is 0 Å². The second-order valence-corrected chi connectivity index (χ2v) is 6.35. The second-order valence-electron chi connectivity index (χ2n) is 6.35. The molecule has 2 aromatic carbocycles. The number of terminal acetylenes is 1. The highest BCUT2D eigenvalue weighted by Gasteiger charge is 2.34. The van der Waals surface area contributed by atoms with Gasteiger partial charge in [0.15, 0.2) is 0 Å². The molecule has 0 N–H and O–H groups in total. The van der Waals surface area contributed by atoms with Crippen LogP contribution in [0.4, 0.5) is 4.79 Å². The molecule has 1 amide bonds. The van der Waals surface area contributed by atoms with E-state index >= 15 is 0 Å². The van der Waals surface area contributed by atoms with E-state index in [0.29, 0.717) is 19.7 Å². The summed E-state index contributed by atoms with van der Waals surface area (Å²) in [5, 5.41) is 0. The van der Waals surface area contributed by atoms with Crippen molar-refractivity contribution in [2.45, 2.75) is 12.0 Å². The molecule has 1 fully saturated rings. The Morgan fingerprint density at radius 2 is 1.68 bits per heavy atom. The molecule has 1 saturated heterocycles. The van der Waals surface area contributed by atoms with E-state index in [4.69, 9.17) is 15.9 Å². The van der Waals surface area contributed by atoms with Crippen LogP contribution in [0.3, 0.4) is 0 Å². The predicted molar refractivity (Wildman–Crippen MR) is 95.2 cm³/mol. The quantitative estimate of drug-likeness (QED) is 0.806. The monoisotopic (exact) mass is 333 g/mol. The van der Waals surface area contributed by atoms with E-state index in [-0.39, 0.29) is 24.7 Å². The predicted octanol–water partition coefficient (Wildman–Crippen LogP) is 3.27. The fourth-order valence-corrected chi connectivity index (χ4v) is 3.54. The number of carbonyl (C=O) groups excluding carboxylic acids is 1. The number of likely N-dealkylation sites (tertiary alicyclic amines) is 1. The molecule has 4 nitrogen and oxygen atoms in total. The highest BCUT2D eigenvalue weighted by atomic mass is 16.6. The normalized spacial score (nSPS) is 15.9. The van der Waals surface area contributed by atoms with Crippen LogP contribution in [0.15, 0.2) is 48.5 Å². The van der Waals surface area contributed by atoms with Crippen LogP contribution in [-0.4, -0.2) is 43.4 Å². The minimum atomic E-state index is -0.289. The second kappa shape index (κ2) is 6.62. The van der Waals surface area contributed by atoms with Crippen LogP contribution in [0.5, 0.6) is 0 Å². The largest absolute Gasteiger partial charge is 0.448 e. The summed E-state index contributed by atoms with van der Waals surface area (Å²) in [6.07, 6.45) is 4.90. The van der Waals surface area contributed by atoms with Crippen molar-refractivity contribution in [1.82, 2.24) is 4.90 Å². The molecule has 0 bridgehead atoms. The number of nitrogens with zero attached hydrogens (tertiary/aromatic N) is 1. The van der Waals surface area contributed by atoms with Crippen molar-refractivity contribution in [2.24, 2.45) is 0 Å². The van der Waals surface area contributed by atoms with Gasteiger partial charge in [-0.05, 0) is 22.3 Å². The van der Waals surface area contributed by atoms with Crippen molar-refractivity contribution in [1.29, 1.82) is 0 Å². The summed E-state index contributed by atoms with van der Waals surface area (Å²) in [4.78, 5) is 13.9. The Hall–Kier alpha value is -2.77. The van der Waals surface area contributed by atoms with Crippen LogP contribution in [0, 0.1) is 12.3 Å². The van der Waals surface area contributed by atoms with Gasteiger partial charge in [-0.25, -0.2) is 4.79 Å². The Balaban J connectivity index is 1.41. The van der Waals surface area contributed by atoms with Gasteiger partial charge in [0.1, 0.15) is 13.2 Å². The van der Waals surface area contributed by atoms with Crippen LogP contribution in [0.25, 0.3) is 11.1 Å². The maximum absolute atomic E-state index is 12.2. The summed E-state index contributed by atoms with van der Waals surface area (Å²) in [6.45, 7) is 1.71. The zero-order valence-corrected chi connectivity index (χ0v) is 13.9. The van der Waals surface area contributed by atoms with Crippen LogP contribution in [0.1, 0.15) is 17.0 Å².